The summed E-state index contributed by atoms with van der Waals surface area (Å²) in [6.07, 6.45) is 3.66. The normalized spacial score (nSPS) is 11.4. The lowest BCUT2D eigenvalue weighted by atomic mass is 9.85. The molecule has 47 heavy (non-hydrogen) atoms. The zero-order valence-corrected chi connectivity index (χ0v) is 25.6. The summed E-state index contributed by atoms with van der Waals surface area (Å²) in [5.74, 6) is 0.903. The summed E-state index contributed by atoms with van der Waals surface area (Å²) in [5.41, 5.74) is 11.4. The topological polar surface area (TPSA) is 30.7 Å². The highest BCUT2D eigenvalue weighted by atomic mass is 15.1. The first-order valence-corrected chi connectivity index (χ1v) is 15.9. The van der Waals surface area contributed by atoms with Crippen LogP contribution in [0.2, 0.25) is 0 Å². The Morgan fingerprint density at radius 3 is 1.57 bits per heavy atom. The van der Waals surface area contributed by atoms with Gasteiger partial charge in [0.15, 0.2) is 0 Å². The summed E-state index contributed by atoms with van der Waals surface area (Å²) in [7, 11) is 0. The zero-order valence-electron chi connectivity index (χ0n) is 25.6. The number of pyridine rings is 1. The van der Waals surface area contributed by atoms with E-state index in [-0.39, 0.29) is 0 Å². The van der Waals surface area contributed by atoms with Crippen LogP contribution in [0.25, 0.3) is 83.0 Å². The highest BCUT2D eigenvalue weighted by Crippen LogP contribution is 2.44. The summed E-state index contributed by atoms with van der Waals surface area (Å²) in [6.45, 7) is 0. The number of hydrogen-bond donors (Lipinski definition) is 0. The minimum Gasteiger partial charge on any atom is -0.292 e. The fraction of sp³-hybridized carbons (Fsp3) is 0. The van der Waals surface area contributed by atoms with E-state index in [9.17, 15) is 0 Å². The van der Waals surface area contributed by atoms with E-state index in [1.54, 1.807) is 0 Å². The SMILES string of the molecule is c1ccc(-c2c3ccccc3c(-c3ccccc3)c3cc(-c4ccc(-n5c(-c6ccccc6)nc6cnccc65)cc4)ccc23)cc1. The fourth-order valence-corrected chi connectivity index (χ4v) is 6.97. The predicted molar refractivity (Wildman–Crippen MR) is 196 cm³/mol. The van der Waals surface area contributed by atoms with E-state index in [2.05, 4.69) is 161 Å². The van der Waals surface area contributed by atoms with Gasteiger partial charge in [-0.2, -0.15) is 0 Å². The molecule has 0 aliphatic rings. The molecular weight excluding hydrogens is 571 g/mol. The van der Waals surface area contributed by atoms with Gasteiger partial charge < -0.3 is 0 Å². The van der Waals surface area contributed by atoms with E-state index < -0.39 is 0 Å². The largest absolute Gasteiger partial charge is 0.292 e. The Morgan fingerprint density at radius 2 is 0.936 bits per heavy atom. The molecule has 3 nitrogen and oxygen atoms in total. The minimum atomic E-state index is 0.875. The molecule has 0 aliphatic carbocycles. The van der Waals surface area contributed by atoms with E-state index in [0.717, 1.165) is 33.7 Å². The lowest BCUT2D eigenvalue weighted by Crippen LogP contribution is -1.97. The Labute approximate surface area is 273 Å². The second-order valence-corrected chi connectivity index (χ2v) is 11.8. The van der Waals surface area contributed by atoms with E-state index in [0.29, 0.717) is 0 Å². The third kappa shape index (κ3) is 4.60. The Morgan fingerprint density at radius 1 is 0.404 bits per heavy atom. The lowest BCUT2D eigenvalue weighted by molar-refractivity contribution is 1.10. The molecule has 2 aromatic heterocycles. The number of aromatic nitrogens is 3. The number of fused-ring (bicyclic) bond motifs is 3. The number of benzene rings is 7. The fourth-order valence-electron chi connectivity index (χ4n) is 6.97. The molecule has 9 rings (SSSR count). The monoisotopic (exact) mass is 599 g/mol. The van der Waals surface area contributed by atoms with Crippen LogP contribution in [-0.4, -0.2) is 14.5 Å². The number of nitrogens with zero attached hydrogens (tertiary/aromatic N) is 3. The van der Waals surface area contributed by atoms with Gasteiger partial charge in [-0.1, -0.05) is 140 Å². The van der Waals surface area contributed by atoms with Gasteiger partial charge in [-0.05, 0) is 79.2 Å². The van der Waals surface area contributed by atoms with E-state index in [1.807, 2.05) is 24.5 Å². The van der Waals surface area contributed by atoms with E-state index in [4.69, 9.17) is 4.98 Å². The van der Waals surface area contributed by atoms with Crippen molar-refractivity contribution in [3.05, 3.63) is 176 Å². The number of rotatable bonds is 5. The quantitative estimate of drug-likeness (QED) is 0.184. The molecule has 0 aliphatic heterocycles. The molecule has 0 spiro atoms. The number of hydrogen-bond acceptors (Lipinski definition) is 2. The maximum absolute atomic E-state index is 4.97. The van der Waals surface area contributed by atoms with Crippen molar-refractivity contribution in [2.45, 2.75) is 0 Å². The molecule has 7 aromatic carbocycles. The van der Waals surface area contributed by atoms with Crippen molar-refractivity contribution < 1.29 is 0 Å². The van der Waals surface area contributed by atoms with Crippen LogP contribution >= 0.6 is 0 Å². The van der Waals surface area contributed by atoms with E-state index >= 15 is 0 Å². The molecule has 0 amide bonds. The second-order valence-electron chi connectivity index (χ2n) is 11.8. The molecule has 0 atom stereocenters. The standard InChI is InChI=1S/C44H29N3/c1-4-12-31(13-5-1)42-36-18-10-11-19-37(36)43(32-14-6-2-7-15-32)39-28-34(22-25-38(39)42)30-20-23-35(24-21-30)47-41-26-27-45-29-40(41)46-44(47)33-16-8-3-9-17-33/h1-29H. The van der Waals surface area contributed by atoms with Crippen LogP contribution < -0.4 is 0 Å². The highest BCUT2D eigenvalue weighted by molar-refractivity contribution is 6.21. The van der Waals surface area contributed by atoms with Crippen molar-refractivity contribution in [3.8, 4) is 50.5 Å². The van der Waals surface area contributed by atoms with Gasteiger partial charge in [0.1, 0.15) is 11.3 Å². The van der Waals surface area contributed by atoms with Gasteiger partial charge in [0.25, 0.3) is 0 Å². The lowest BCUT2D eigenvalue weighted by Gasteiger charge is -2.19. The molecule has 9 aromatic rings. The first kappa shape index (κ1) is 27.0. The molecule has 2 heterocycles. The third-order valence-electron chi connectivity index (χ3n) is 9.10. The van der Waals surface area contributed by atoms with Crippen molar-refractivity contribution in [3.63, 3.8) is 0 Å². The van der Waals surface area contributed by atoms with Crippen LogP contribution in [0.15, 0.2) is 176 Å². The molecular formula is C44H29N3. The van der Waals surface area contributed by atoms with Crippen LogP contribution in [-0.2, 0) is 0 Å². The van der Waals surface area contributed by atoms with Crippen LogP contribution in [0, 0.1) is 0 Å². The predicted octanol–water partition coefficient (Wildman–Crippen LogP) is 11.4. The van der Waals surface area contributed by atoms with Gasteiger partial charge in [-0.15, -0.1) is 0 Å². The number of imidazole rings is 1. The Bertz CT molecular complexity index is 2530. The maximum atomic E-state index is 4.97. The van der Waals surface area contributed by atoms with Crippen molar-refractivity contribution in [2.75, 3.05) is 0 Å². The van der Waals surface area contributed by atoms with Gasteiger partial charge in [-0.3, -0.25) is 9.55 Å². The smallest absolute Gasteiger partial charge is 0.145 e. The molecule has 0 fully saturated rings. The van der Waals surface area contributed by atoms with Crippen molar-refractivity contribution in [1.82, 2.24) is 14.5 Å². The minimum absolute atomic E-state index is 0.875. The van der Waals surface area contributed by atoms with Gasteiger partial charge in [0.05, 0.1) is 11.7 Å². The van der Waals surface area contributed by atoms with Gasteiger partial charge in [-0.25, -0.2) is 4.98 Å². The molecule has 0 saturated carbocycles. The Hall–Kier alpha value is -6.32. The molecule has 0 saturated heterocycles. The van der Waals surface area contributed by atoms with Gasteiger partial charge in [0.2, 0.25) is 0 Å². The maximum Gasteiger partial charge on any atom is 0.145 e. The highest BCUT2D eigenvalue weighted by Gasteiger charge is 2.18. The molecule has 3 heteroatoms. The molecule has 0 unspecified atom stereocenters. The van der Waals surface area contributed by atoms with Crippen LogP contribution in [0.3, 0.4) is 0 Å². The zero-order chi connectivity index (χ0) is 31.2. The summed E-state index contributed by atoms with van der Waals surface area (Å²) >= 11 is 0. The van der Waals surface area contributed by atoms with Gasteiger partial charge in [0, 0.05) is 17.4 Å². The Balaban J connectivity index is 1.24. The van der Waals surface area contributed by atoms with Crippen LogP contribution in [0.1, 0.15) is 0 Å². The third-order valence-corrected chi connectivity index (χ3v) is 9.10. The molecule has 0 N–H and O–H groups in total. The van der Waals surface area contributed by atoms with Gasteiger partial charge >= 0.3 is 0 Å². The first-order chi connectivity index (χ1) is 23.3. The summed E-state index contributed by atoms with van der Waals surface area (Å²) < 4.78 is 2.22. The molecule has 0 radical (unpaired) electrons. The second kappa shape index (κ2) is 11.2. The molecule has 220 valence electrons. The van der Waals surface area contributed by atoms with Crippen LogP contribution in [0.5, 0.6) is 0 Å². The summed E-state index contributed by atoms with van der Waals surface area (Å²) in [6, 6.07) is 58.5. The average Bonchev–Trinajstić information content (AvgIpc) is 3.54. The first-order valence-electron chi connectivity index (χ1n) is 15.9. The van der Waals surface area contributed by atoms with Crippen molar-refractivity contribution >= 4 is 32.6 Å². The van der Waals surface area contributed by atoms with Crippen molar-refractivity contribution in [1.29, 1.82) is 0 Å². The summed E-state index contributed by atoms with van der Waals surface area (Å²) in [4.78, 5) is 9.30. The van der Waals surface area contributed by atoms with Crippen LogP contribution in [0.4, 0.5) is 0 Å². The summed E-state index contributed by atoms with van der Waals surface area (Å²) in [5, 5.41) is 5.02. The van der Waals surface area contributed by atoms with E-state index in [1.165, 1.54) is 49.4 Å². The molecule has 0 bridgehead atoms. The van der Waals surface area contributed by atoms with Crippen molar-refractivity contribution in [2.24, 2.45) is 0 Å². The average molecular weight is 600 g/mol. The Kier molecular flexibility index (Phi) is 6.46.